The number of carbonyl (C=O) groups is 1. The van der Waals surface area contributed by atoms with Gasteiger partial charge in [0.1, 0.15) is 11.8 Å². The average Bonchev–Trinajstić information content (AvgIpc) is 2.73. The number of nitrogens with zero attached hydrogens (tertiary/aromatic N) is 2. The first-order valence-corrected chi connectivity index (χ1v) is 9.57. The van der Waals surface area contributed by atoms with Gasteiger partial charge in [0, 0.05) is 25.3 Å². The molecule has 0 bridgehead atoms. The summed E-state index contributed by atoms with van der Waals surface area (Å²) in [4.78, 5) is 14.7. The molecule has 3 rings (SSSR count). The second-order valence-corrected chi connectivity index (χ2v) is 7.09. The summed E-state index contributed by atoms with van der Waals surface area (Å²) in [5, 5.41) is 14.9. The van der Waals surface area contributed by atoms with Crippen LogP contribution >= 0.6 is 0 Å². The van der Waals surface area contributed by atoms with E-state index in [1.165, 1.54) is 12.7 Å². The molecule has 1 saturated heterocycles. The van der Waals surface area contributed by atoms with Crippen molar-refractivity contribution in [3.63, 3.8) is 0 Å². The topological polar surface area (TPSA) is 77.4 Å². The minimum absolute atomic E-state index is 0.255. The van der Waals surface area contributed by atoms with Crippen LogP contribution in [0.4, 0.5) is 10.5 Å². The third-order valence-electron chi connectivity index (χ3n) is 4.98. The van der Waals surface area contributed by atoms with Crippen molar-refractivity contribution in [1.82, 2.24) is 10.2 Å². The quantitative estimate of drug-likeness (QED) is 0.805. The van der Waals surface area contributed by atoms with Crippen molar-refractivity contribution in [2.45, 2.75) is 19.4 Å². The predicted octanol–water partition coefficient (Wildman–Crippen LogP) is 3.60. The Labute approximate surface area is 166 Å². The predicted molar refractivity (Wildman–Crippen MR) is 109 cm³/mol. The molecule has 0 aromatic heterocycles. The molecule has 1 fully saturated rings. The zero-order valence-corrected chi connectivity index (χ0v) is 16.1. The second kappa shape index (κ2) is 9.77. The molecule has 2 N–H and O–H groups in total. The Morgan fingerprint density at radius 1 is 1.29 bits per heavy atom. The van der Waals surface area contributed by atoms with Gasteiger partial charge in [0.2, 0.25) is 0 Å². The Morgan fingerprint density at radius 3 is 2.86 bits per heavy atom. The van der Waals surface area contributed by atoms with Crippen LogP contribution in [0.2, 0.25) is 0 Å². The van der Waals surface area contributed by atoms with Crippen LogP contribution < -0.4 is 15.4 Å². The fourth-order valence-electron chi connectivity index (χ4n) is 3.59. The molecule has 2 aromatic carbocycles. The first kappa shape index (κ1) is 19.7. The van der Waals surface area contributed by atoms with E-state index in [2.05, 4.69) is 45.9 Å². The zero-order chi connectivity index (χ0) is 19.8. The molecule has 1 aliphatic rings. The number of nitriles is 1. The molecule has 6 heteroatoms. The molecule has 0 unspecified atom stereocenters. The van der Waals surface area contributed by atoms with Crippen LogP contribution in [0.3, 0.4) is 0 Å². The van der Waals surface area contributed by atoms with Gasteiger partial charge < -0.3 is 15.4 Å². The summed E-state index contributed by atoms with van der Waals surface area (Å²) in [5.41, 5.74) is 2.29. The van der Waals surface area contributed by atoms with Crippen molar-refractivity contribution in [2.75, 3.05) is 32.1 Å². The number of benzene rings is 2. The van der Waals surface area contributed by atoms with Crippen molar-refractivity contribution in [3.8, 4) is 11.8 Å². The van der Waals surface area contributed by atoms with Crippen molar-refractivity contribution >= 4 is 11.7 Å². The Balaban J connectivity index is 1.47. The molecule has 2 amide bonds. The van der Waals surface area contributed by atoms with Crippen LogP contribution in [0.25, 0.3) is 0 Å². The van der Waals surface area contributed by atoms with E-state index in [1.807, 2.05) is 6.07 Å². The number of methoxy groups -OCH3 is 1. The fraction of sp³-hybridized carbons (Fsp3) is 0.364. The number of urea groups is 1. The van der Waals surface area contributed by atoms with Crippen LogP contribution in [0.5, 0.6) is 5.75 Å². The summed E-state index contributed by atoms with van der Waals surface area (Å²) in [5.74, 6) is 0.933. The lowest BCUT2D eigenvalue weighted by Crippen LogP contribution is -2.41. The minimum Gasteiger partial charge on any atom is -0.495 e. The number of hydrogen-bond donors (Lipinski definition) is 2. The Bertz CT molecular complexity index is 832. The first-order valence-electron chi connectivity index (χ1n) is 9.57. The number of likely N-dealkylation sites (tertiary alicyclic amines) is 1. The summed E-state index contributed by atoms with van der Waals surface area (Å²) in [6.07, 6.45) is 2.26. The first-order chi connectivity index (χ1) is 13.7. The highest BCUT2D eigenvalue weighted by atomic mass is 16.5. The molecule has 0 spiro atoms. The number of piperidine rings is 1. The molecule has 1 aliphatic heterocycles. The van der Waals surface area contributed by atoms with E-state index in [0.717, 1.165) is 32.5 Å². The van der Waals surface area contributed by atoms with Crippen LogP contribution in [-0.2, 0) is 6.54 Å². The maximum atomic E-state index is 12.2. The normalized spacial score (nSPS) is 16.8. The van der Waals surface area contributed by atoms with E-state index in [-0.39, 0.29) is 6.03 Å². The van der Waals surface area contributed by atoms with Gasteiger partial charge in [0.25, 0.3) is 0 Å². The van der Waals surface area contributed by atoms with Gasteiger partial charge in [-0.3, -0.25) is 4.90 Å². The summed E-state index contributed by atoms with van der Waals surface area (Å²) in [7, 11) is 1.52. The number of carbonyl (C=O) groups excluding carboxylic acids is 1. The standard InChI is InChI=1S/C22H26N4O2/c1-28-21-10-9-20(12-19(21)13-23)25-22(27)24-14-18-8-5-11-26(16-18)15-17-6-3-2-4-7-17/h2-4,6-7,9-10,12,18H,5,8,11,14-16H2,1H3,(H2,24,25,27)/t18-/m0/s1. The van der Waals surface area contributed by atoms with Gasteiger partial charge in [-0.15, -0.1) is 0 Å². The summed E-state index contributed by atoms with van der Waals surface area (Å²) in [6.45, 7) is 3.67. The smallest absolute Gasteiger partial charge is 0.319 e. The van der Waals surface area contributed by atoms with Gasteiger partial charge in [-0.05, 0) is 49.1 Å². The number of ether oxygens (including phenoxy) is 1. The number of rotatable bonds is 6. The van der Waals surface area contributed by atoms with E-state index in [9.17, 15) is 4.79 Å². The molecule has 1 atom stereocenters. The molecular weight excluding hydrogens is 352 g/mol. The SMILES string of the molecule is COc1ccc(NC(=O)NC[C@@H]2CCCN(Cc3ccccc3)C2)cc1C#N. The van der Waals surface area contributed by atoms with Crippen molar-refractivity contribution in [1.29, 1.82) is 5.26 Å². The molecule has 28 heavy (non-hydrogen) atoms. The summed E-state index contributed by atoms with van der Waals surface area (Å²) < 4.78 is 5.12. The largest absolute Gasteiger partial charge is 0.495 e. The molecule has 0 aliphatic carbocycles. The highest BCUT2D eigenvalue weighted by Gasteiger charge is 2.20. The van der Waals surface area contributed by atoms with Gasteiger partial charge in [0.05, 0.1) is 12.7 Å². The highest BCUT2D eigenvalue weighted by Crippen LogP contribution is 2.22. The van der Waals surface area contributed by atoms with Crippen LogP contribution in [-0.4, -0.2) is 37.7 Å². The van der Waals surface area contributed by atoms with Crippen molar-refractivity contribution < 1.29 is 9.53 Å². The highest BCUT2D eigenvalue weighted by molar-refractivity contribution is 5.89. The maximum absolute atomic E-state index is 12.2. The van der Waals surface area contributed by atoms with E-state index in [4.69, 9.17) is 10.00 Å². The molecular formula is C22H26N4O2. The third-order valence-corrected chi connectivity index (χ3v) is 4.98. The molecule has 146 valence electrons. The number of nitrogens with one attached hydrogen (secondary N) is 2. The molecule has 2 aromatic rings. The van der Waals surface area contributed by atoms with Gasteiger partial charge in [0.15, 0.2) is 0 Å². The third kappa shape index (κ3) is 5.48. The van der Waals surface area contributed by atoms with Gasteiger partial charge in [-0.1, -0.05) is 30.3 Å². The van der Waals surface area contributed by atoms with E-state index in [0.29, 0.717) is 29.5 Å². The average molecular weight is 378 g/mol. The Kier molecular flexibility index (Phi) is 6.88. The molecule has 1 heterocycles. The lowest BCUT2D eigenvalue weighted by molar-refractivity contribution is 0.166. The number of amides is 2. The minimum atomic E-state index is -0.255. The maximum Gasteiger partial charge on any atom is 0.319 e. The van der Waals surface area contributed by atoms with Gasteiger partial charge in [-0.2, -0.15) is 5.26 Å². The summed E-state index contributed by atoms with van der Waals surface area (Å²) >= 11 is 0. The van der Waals surface area contributed by atoms with E-state index >= 15 is 0 Å². The lowest BCUT2D eigenvalue weighted by atomic mass is 9.97. The van der Waals surface area contributed by atoms with E-state index in [1.54, 1.807) is 18.2 Å². The molecule has 0 saturated carbocycles. The van der Waals surface area contributed by atoms with E-state index < -0.39 is 0 Å². The molecule has 6 nitrogen and oxygen atoms in total. The Morgan fingerprint density at radius 2 is 2.11 bits per heavy atom. The van der Waals surface area contributed by atoms with Gasteiger partial charge >= 0.3 is 6.03 Å². The Hall–Kier alpha value is -3.04. The van der Waals surface area contributed by atoms with Crippen LogP contribution in [0, 0.1) is 17.2 Å². The van der Waals surface area contributed by atoms with Gasteiger partial charge in [-0.25, -0.2) is 4.79 Å². The number of anilines is 1. The summed E-state index contributed by atoms with van der Waals surface area (Å²) in [6, 6.07) is 17.3. The van der Waals surface area contributed by atoms with Crippen LogP contribution in [0.15, 0.2) is 48.5 Å². The monoisotopic (exact) mass is 378 g/mol. The second-order valence-electron chi connectivity index (χ2n) is 7.09. The fourth-order valence-corrected chi connectivity index (χ4v) is 3.59. The zero-order valence-electron chi connectivity index (χ0n) is 16.1. The van der Waals surface area contributed by atoms with Crippen molar-refractivity contribution in [3.05, 3.63) is 59.7 Å². The van der Waals surface area contributed by atoms with Crippen LogP contribution in [0.1, 0.15) is 24.0 Å². The lowest BCUT2D eigenvalue weighted by Gasteiger charge is -2.32. The number of hydrogen-bond acceptors (Lipinski definition) is 4. The van der Waals surface area contributed by atoms with Crippen molar-refractivity contribution in [2.24, 2.45) is 5.92 Å². The molecule has 0 radical (unpaired) electrons.